The van der Waals surface area contributed by atoms with E-state index in [1.165, 1.54) is 11.3 Å². The van der Waals surface area contributed by atoms with Gasteiger partial charge in [-0.15, -0.1) is 5.10 Å². The highest BCUT2D eigenvalue weighted by molar-refractivity contribution is 5.58. The summed E-state index contributed by atoms with van der Waals surface area (Å²) in [5.74, 6) is 2.24. The third-order valence-corrected chi connectivity index (χ3v) is 8.16. The molecule has 35 heavy (non-hydrogen) atoms. The molecule has 0 saturated carbocycles. The predicted octanol–water partition coefficient (Wildman–Crippen LogP) is 2.59. The van der Waals surface area contributed by atoms with Crippen LogP contribution in [0.15, 0.2) is 42.6 Å². The van der Waals surface area contributed by atoms with Gasteiger partial charge in [0.05, 0.1) is 18.5 Å². The summed E-state index contributed by atoms with van der Waals surface area (Å²) < 4.78 is 10.1. The van der Waals surface area contributed by atoms with Crippen LogP contribution < -0.4 is 10.6 Å². The summed E-state index contributed by atoms with van der Waals surface area (Å²) >= 11 is 0. The molecule has 3 atom stereocenters. The Morgan fingerprint density at radius 3 is 2.74 bits per heavy atom. The zero-order valence-corrected chi connectivity index (χ0v) is 20.4. The second kappa shape index (κ2) is 6.89. The fourth-order valence-electron chi connectivity index (χ4n) is 6.27. The van der Waals surface area contributed by atoms with Gasteiger partial charge in [-0.3, -0.25) is 0 Å². The molecule has 2 N–H and O–H groups in total. The Hall–Kier alpha value is -3.30. The Bertz CT molecular complexity index is 1460. The van der Waals surface area contributed by atoms with Crippen LogP contribution in [0.5, 0.6) is 0 Å². The van der Waals surface area contributed by atoms with Crippen molar-refractivity contribution in [2.45, 2.75) is 56.7 Å². The molecule has 6 heterocycles. The van der Waals surface area contributed by atoms with E-state index < -0.39 is 11.3 Å². The number of hydrogen-bond acceptors (Lipinski definition) is 7. The highest BCUT2D eigenvalue weighted by atomic mass is 16.5. The van der Waals surface area contributed by atoms with E-state index in [1.54, 1.807) is 0 Å². The van der Waals surface area contributed by atoms with Crippen molar-refractivity contribution in [2.75, 3.05) is 24.6 Å². The molecule has 0 spiro atoms. The Morgan fingerprint density at radius 2 is 1.91 bits per heavy atom. The molecule has 0 radical (unpaired) electrons. The zero-order valence-electron chi connectivity index (χ0n) is 20.4. The van der Waals surface area contributed by atoms with Crippen LogP contribution in [-0.2, 0) is 27.8 Å². The van der Waals surface area contributed by atoms with Crippen molar-refractivity contribution in [2.24, 2.45) is 5.73 Å². The molecular formula is C26H30N8O. The predicted molar refractivity (Wildman–Crippen MR) is 131 cm³/mol. The van der Waals surface area contributed by atoms with Gasteiger partial charge in [-0.05, 0) is 37.5 Å². The molecule has 3 aromatic heterocycles. The standard InChI is InChI=1S/C26H30N8O/c1-17-11-20(32-10-9-24(3,15-32)19-7-5-4-6-8-19)13-33-22(17)29-23(31-33)25-12-21-28-18(2)30-34(21)26(27,14-25)16-35-25/h4-8,11,13H,9-10,12,14-16,27H2,1-3H3/t24-,25?,26?/m0/s1. The minimum absolute atomic E-state index is 0.134. The van der Waals surface area contributed by atoms with Crippen LogP contribution in [0.3, 0.4) is 0 Å². The van der Waals surface area contributed by atoms with E-state index >= 15 is 0 Å². The quantitative estimate of drug-likeness (QED) is 0.491. The Morgan fingerprint density at radius 1 is 1.09 bits per heavy atom. The van der Waals surface area contributed by atoms with Crippen LogP contribution >= 0.6 is 0 Å². The van der Waals surface area contributed by atoms with Crippen LogP contribution in [0.2, 0.25) is 0 Å². The van der Waals surface area contributed by atoms with E-state index in [-0.39, 0.29) is 5.41 Å². The molecule has 0 aliphatic carbocycles. The van der Waals surface area contributed by atoms with Crippen molar-refractivity contribution in [3.63, 3.8) is 0 Å². The minimum atomic E-state index is -0.718. The average molecular weight is 471 g/mol. The summed E-state index contributed by atoms with van der Waals surface area (Å²) in [6.45, 7) is 8.71. The van der Waals surface area contributed by atoms with Gasteiger partial charge in [0, 0.05) is 31.3 Å². The molecule has 2 unspecified atom stereocenters. The number of nitrogens with zero attached hydrogens (tertiary/aromatic N) is 7. The molecule has 7 rings (SSSR count). The first-order chi connectivity index (χ1) is 16.8. The lowest BCUT2D eigenvalue weighted by molar-refractivity contribution is -0.00713. The molecule has 1 aromatic carbocycles. The number of benzene rings is 1. The van der Waals surface area contributed by atoms with E-state index in [0.717, 1.165) is 42.4 Å². The molecule has 2 saturated heterocycles. The molecule has 0 amide bonds. The van der Waals surface area contributed by atoms with E-state index in [9.17, 15) is 0 Å². The van der Waals surface area contributed by atoms with Gasteiger partial charge in [0.2, 0.25) is 0 Å². The summed E-state index contributed by atoms with van der Waals surface area (Å²) in [5, 5.41) is 9.47. The Balaban J connectivity index is 1.24. The second-order valence-electron chi connectivity index (χ2n) is 10.9. The molecule has 9 heteroatoms. The Labute approximate surface area is 203 Å². The van der Waals surface area contributed by atoms with Crippen LogP contribution in [0.1, 0.15) is 48.4 Å². The van der Waals surface area contributed by atoms with Gasteiger partial charge in [0.1, 0.15) is 22.9 Å². The van der Waals surface area contributed by atoms with Crippen LogP contribution in [0.4, 0.5) is 5.69 Å². The number of nitrogens with two attached hydrogens (primary N) is 1. The number of rotatable bonds is 3. The average Bonchev–Trinajstić information content (AvgIpc) is 3.60. The monoisotopic (exact) mass is 470 g/mol. The topological polar surface area (TPSA) is 99.4 Å². The summed E-state index contributed by atoms with van der Waals surface area (Å²) in [5.41, 5.74) is 9.97. The molecular weight excluding hydrogens is 440 g/mol. The number of fused-ring (bicyclic) bond motifs is 5. The van der Waals surface area contributed by atoms with Crippen molar-refractivity contribution in [3.05, 3.63) is 71.2 Å². The van der Waals surface area contributed by atoms with Gasteiger partial charge in [-0.25, -0.2) is 19.2 Å². The molecule has 2 bridgehead atoms. The maximum absolute atomic E-state index is 6.72. The van der Waals surface area contributed by atoms with Gasteiger partial charge >= 0.3 is 0 Å². The first kappa shape index (κ1) is 21.0. The lowest BCUT2D eigenvalue weighted by atomic mass is 9.82. The SMILES string of the molecule is Cc1nc2n(n1)C1(N)COC(c3nc4c(C)cc(N5CC[C@](C)(c6ccccc6)C5)cn4n3)(C2)C1. The van der Waals surface area contributed by atoms with Crippen molar-refractivity contribution < 1.29 is 4.74 Å². The summed E-state index contributed by atoms with van der Waals surface area (Å²) in [7, 11) is 0. The minimum Gasteiger partial charge on any atom is -0.369 e. The number of anilines is 1. The van der Waals surface area contributed by atoms with Gasteiger partial charge in [0.15, 0.2) is 11.5 Å². The van der Waals surface area contributed by atoms with Gasteiger partial charge in [0.25, 0.3) is 0 Å². The van der Waals surface area contributed by atoms with E-state index in [1.807, 2.05) is 16.1 Å². The first-order valence-corrected chi connectivity index (χ1v) is 12.3. The zero-order chi connectivity index (χ0) is 24.0. The summed E-state index contributed by atoms with van der Waals surface area (Å²) in [6.07, 6.45) is 4.37. The third kappa shape index (κ3) is 3.01. The second-order valence-corrected chi connectivity index (χ2v) is 10.9. The molecule has 3 aliphatic heterocycles. The maximum Gasteiger partial charge on any atom is 0.184 e. The number of hydrogen-bond donors (Lipinski definition) is 1. The fraction of sp³-hybridized carbons (Fsp3) is 0.462. The van der Waals surface area contributed by atoms with E-state index in [2.05, 4.69) is 71.4 Å². The van der Waals surface area contributed by atoms with Crippen LogP contribution in [0.25, 0.3) is 5.65 Å². The molecule has 2 fully saturated rings. The summed E-state index contributed by atoms with van der Waals surface area (Å²) in [6, 6.07) is 13.1. The highest BCUT2D eigenvalue weighted by Crippen LogP contribution is 2.47. The van der Waals surface area contributed by atoms with Gasteiger partial charge in [-0.1, -0.05) is 37.3 Å². The van der Waals surface area contributed by atoms with Crippen LogP contribution in [-0.4, -0.2) is 49.1 Å². The first-order valence-electron chi connectivity index (χ1n) is 12.3. The maximum atomic E-state index is 6.72. The molecule has 180 valence electrons. The van der Waals surface area contributed by atoms with Crippen molar-refractivity contribution in [1.82, 2.24) is 29.4 Å². The van der Waals surface area contributed by atoms with Crippen LogP contribution in [0, 0.1) is 13.8 Å². The highest BCUT2D eigenvalue weighted by Gasteiger charge is 2.57. The lowest BCUT2D eigenvalue weighted by Gasteiger charge is -2.33. The van der Waals surface area contributed by atoms with E-state index in [0.29, 0.717) is 25.3 Å². The third-order valence-electron chi connectivity index (χ3n) is 8.16. The van der Waals surface area contributed by atoms with Crippen molar-refractivity contribution in [1.29, 1.82) is 0 Å². The van der Waals surface area contributed by atoms with Crippen molar-refractivity contribution in [3.8, 4) is 0 Å². The number of pyridine rings is 1. The largest absolute Gasteiger partial charge is 0.369 e. The van der Waals surface area contributed by atoms with Gasteiger partial charge in [-0.2, -0.15) is 5.10 Å². The van der Waals surface area contributed by atoms with Crippen molar-refractivity contribution >= 4 is 11.3 Å². The lowest BCUT2D eigenvalue weighted by Crippen LogP contribution is -2.50. The Kier molecular flexibility index (Phi) is 4.14. The fourth-order valence-corrected chi connectivity index (χ4v) is 6.27. The summed E-state index contributed by atoms with van der Waals surface area (Å²) in [4.78, 5) is 12.0. The number of ether oxygens (including phenoxy) is 1. The molecule has 3 aliphatic rings. The smallest absolute Gasteiger partial charge is 0.184 e. The molecule has 4 aromatic rings. The normalized spacial score (nSPS) is 29.8. The van der Waals surface area contributed by atoms with E-state index in [4.69, 9.17) is 20.6 Å². The molecule has 9 nitrogen and oxygen atoms in total. The number of aryl methyl sites for hydroxylation is 2. The van der Waals surface area contributed by atoms with Gasteiger partial charge < -0.3 is 15.4 Å². The number of aromatic nitrogens is 6.